The first-order valence-corrected chi connectivity index (χ1v) is 6.34. The Bertz CT molecular complexity index is 175. The van der Waals surface area contributed by atoms with Gasteiger partial charge in [0.1, 0.15) is 0 Å². The van der Waals surface area contributed by atoms with Crippen molar-refractivity contribution >= 4 is 10.8 Å². The van der Waals surface area contributed by atoms with Crippen molar-refractivity contribution < 1.29 is 8.95 Å². The summed E-state index contributed by atoms with van der Waals surface area (Å²) in [6.45, 7) is 3.41. The van der Waals surface area contributed by atoms with Crippen molar-refractivity contribution in [2.24, 2.45) is 5.73 Å². The van der Waals surface area contributed by atoms with E-state index in [1.165, 1.54) is 0 Å². The standard InChI is InChI=1S/C9H19NO2S/c1-2-3-6-13(11)9-7-12-5-4-8(9)10/h8-9H,2-7,10H2,1H3. The van der Waals surface area contributed by atoms with E-state index in [0.717, 1.165) is 31.6 Å². The predicted octanol–water partition coefficient (Wildman–Crippen LogP) is 0.651. The maximum absolute atomic E-state index is 11.7. The molecule has 13 heavy (non-hydrogen) atoms. The molecule has 0 saturated carbocycles. The van der Waals surface area contributed by atoms with Gasteiger partial charge in [-0.25, -0.2) is 0 Å². The van der Waals surface area contributed by atoms with E-state index in [1.807, 2.05) is 0 Å². The molecule has 3 unspecified atom stereocenters. The molecule has 0 aromatic heterocycles. The van der Waals surface area contributed by atoms with Crippen LogP contribution >= 0.6 is 0 Å². The van der Waals surface area contributed by atoms with Crippen LogP contribution in [-0.2, 0) is 15.5 Å². The van der Waals surface area contributed by atoms with Gasteiger partial charge in [0.15, 0.2) is 0 Å². The van der Waals surface area contributed by atoms with Gasteiger partial charge in [0.2, 0.25) is 0 Å². The third kappa shape index (κ3) is 3.37. The van der Waals surface area contributed by atoms with E-state index < -0.39 is 10.8 Å². The smallest absolute Gasteiger partial charge is 0.0733 e. The van der Waals surface area contributed by atoms with Crippen LogP contribution in [0.2, 0.25) is 0 Å². The van der Waals surface area contributed by atoms with E-state index in [-0.39, 0.29) is 11.3 Å². The molecule has 78 valence electrons. The number of unbranched alkanes of at least 4 members (excludes halogenated alkanes) is 1. The lowest BCUT2D eigenvalue weighted by molar-refractivity contribution is 0.0904. The monoisotopic (exact) mass is 205 g/mol. The van der Waals surface area contributed by atoms with Crippen LogP contribution in [0, 0.1) is 0 Å². The molecule has 1 rings (SSSR count). The summed E-state index contributed by atoms with van der Waals surface area (Å²) >= 11 is 0. The van der Waals surface area contributed by atoms with Crippen LogP contribution in [0.15, 0.2) is 0 Å². The highest BCUT2D eigenvalue weighted by Crippen LogP contribution is 2.12. The molecule has 1 aliphatic rings. The fraction of sp³-hybridized carbons (Fsp3) is 1.00. The van der Waals surface area contributed by atoms with Gasteiger partial charge in [-0.3, -0.25) is 4.21 Å². The lowest BCUT2D eigenvalue weighted by Gasteiger charge is -2.27. The molecule has 0 radical (unpaired) electrons. The van der Waals surface area contributed by atoms with Crippen LogP contribution < -0.4 is 5.73 Å². The third-order valence-electron chi connectivity index (χ3n) is 2.39. The molecule has 0 aromatic rings. The minimum atomic E-state index is -0.786. The molecule has 0 spiro atoms. The first kappa shape index (κ1) is 11.1. The van der Waals surface area contributed by atoms with E-state index >= 15 is 0 Å². The van der Waals surface area contributed by atoms with Crippen molar-refractivity contribution in [1.82, 2.24) is 0 Å². The molecule has 1 heterocycles. The topological polar surface area (TPSA) is 52.3 Å². The first-order chi connectivity index (χ1) is 6.25. The van der Waals surface area contributed by atoms with Gasteiger partial charge < -0.3 is 10.5 Å². The van der Waals surface area contributed by atoms with Crippen LogP contribution in [0.5, 0.6) is 0 Å². The maximum atomic E-state index is 11.7. The van der Waals surface area contributed by atoms with Crippen molar-refractivity contribution in [2.45, 2.75) is 37.5 Å². The Morgan fingerprint density at radius 3 is 3.00 bits per heavy atom. The fourth-order valence-electron chi connectivity index (χ4n) is 1.44. The summed E-state index contributed by atoms with van der Waals surface area (Å²) in [6.07, 6.45) is 2.97. The van der Waals surface area contributed by atoms with Gasteiger partial charge >= 0.3 is 0 Å². The molecule has 4 heteroatoms. The van der Waals surface area contributed by atoms with Gasteiger partial charge in [0.25, 0.3) is 0 Å². The first-order valence-electron chi connectivity index (χ1n) is 4.96. The highest BCUT2D eigenvalue weighted by Gasteiger charge is 2.27. The second kappa shape index (κ2) is 5.73. The van der Waals surface area contributed by atoms with E-state index in [1.54, 1.807) is 0 Å². The zero-order chi connectivity index (χ0) is 9.68. The summed E-state index contributed by atoms with van der Waals surface area (Å²) in [6, 6.07) is 0.0754. The Morgan fingerprint density at radius 1 is 1.62 bits per heavy atom. The van der Waals surface area contributed by atoms with Gasteiger partial charge in [-0.2, -0.15) is 0 Å². The Morgan fingerprint density at radius 2 is 2.38 bits per heavy atom. The molecule has 0 aliphatic carbocycles. The molecule has 1 saturated heterocycles. The zero-order valence-electron chi connectivity index (χ0n) is 8.20. The largest absolute Gasteiger partial charge is 0.380 e. The lowest BCUT2D eigenvalue weighted by Crippen LogP contribution is -2.46. The highest BCUT2D eigenvalue weighted by atomic mass is 32.2. The van der Waals surface area contributed by atoms with Gasteiger partial charge in [0, 0.05) is 29.2 Å². The van der Waals surface area contributed by atoms with Crippen molar-refractivity contribution in [3.63, 3.8) is 0 Å². The van der Waals surface area contributed by atoms with Crippen LogP contribution in [0.3, 0.4) is 0 Å². The Labute approximate surface area is 82.5 Å². The van der Waals surface area contributed by atoms with E-state index in [2.05, 4.69) is 6.92 Å². The lowest BCUT2D eigenvalue weighted by atomic mass is 10.1. The summed E-state index contributed by atoms with van der Waals surface area (Å²) in [5.41, 5.74) is 5.88. The quantitative estimate of drug-likeness (QED) is 0.733. The molecule has 0 bridgehead atoms. The van der Waals surface area contributed by atoms with E-state index in [0.29, 0.717) is 6.61 Å². The van der Waals surface area contributed by atoms with Gasteiger partial charge in [-0.15, -0.1) is 0 Å². The number of hydrogen-bond donors (Lipinski definition) is 1. The molecule has 3 nitrogen and oxygen atoms in total. The Balaban J connectivity index is 2.35. The predicted molar refractivity (Wildman–Crippen MR) is 55.1 cm³/mol. The minimum Gasteiger partial charge on any atom is -0.380 e. The van der Waals surface area contributed by atoms with Crippen LogP contribution in [0.4, 0.5) is 0 Å². The summed E-state index contributed by atoms with van der Waals surface area (Å²) in [5, 5.41) is 0.0697. The van der Waals surface area contributed by atoms with Crippen molar-refractivity contribution in [2.75, 3.05) is 19.0 Å². The molecular weight excluding hydrogens is 186 g/mol. The van der Waals surface area contributed by atoms with Crippen molar-refractivity contribution in [3.05, 3.63) is 0 Å². The second-order valence-electron chi connectivity index (χ2n) is 3.50. The molecule has 0 amide bonds. The van der Waals surface area contributed by atoms with Gasteiger partial charge in [-0.05, 0) is 12.8 Å². The fourth-order valence-corrected chi connectivity index (χ4v) is 3.09. The van der Waals surface area contributed by atoms with Crippen molar-refractivity contribution in [1.29, 1.82) is 0 Å². The molecule has 2 N–H and O–H groups in total. The maximum Gasteiger partial charge on any atom is 0.0733 e. The molecule has 1 fully saturated rings. The summed E-state index contributed by atoms with van der Waals surface area (Å²) in [7, 11) is -0.786. The SMILES string of the molecule is CCCCS(=O)C1COCCC1N. The van der Waals surface area contributed by atoms with E-state index in [4.69, 9.17) is 10.5 Å². The Hall–Kier alpha value is 0.0700. The average Bonchev–Trinajstić information content (AvgIpc) is 2.15. The normalized spacial score (nSPS) is 31.5. The number of rotatable bonds is 4. The molecule has 1 aliphatic heterocycles. The Kier molecular flexibility index (Phi) is 4.91. The van der Waals surface area contributed by atoms with Crippen LogP contribution in [-0.4, -0.2) is 34.5 Å². The molecule has 3 atom stereocenters. The minimum absolute atomic E-state index is 0.0697. The summed E-state index contributed by atoms with van der Waals surface area (Å²) < 4.78 is 17.0. The third-order valence-corrected chi connectivity index (χ3v) is 4.24. The second-order valence-corrected chi connectivity index (χ2v) is 5.28. The summed E-state index contributed by atoms with van der Waals surface area (Å²) in [4.78, 5) is 0. The summed E-state index contributed by atoms with van der Waals surface area (Å²) in [5.74, 6) is 0.776. The molecular formula is C9H19NO2S. The number of hydrogen-bond acceptors (Lipinski definition) is 3. The zero-order valence-corrected chi connectivity index (χ0v) is 9.02. The van der Waals surface area contributed by atoms with Crippen LogP contribution in [0.1, 0.15) is 26.2 Å². The van der Waals surface area contributed by atoms with Gasteiger partial charge in [0.05, 0.1) is 11.9 Å². The highest BCUT2D eigenvalue weighted by molar-refractivity contribution is 7.85. The number of nitrogens with two attached hydrogens (primary N) is 1. The van der Waals surface area contributed by atoms with E-state index in [9.17, 15) is 4.21 Å². The average molecular weight is 205 g/mol. The van der Waals surface area contributed by atoms with Gasteiger partial charge in [-0.1, -0.05) is 13.3 Å². The molecule has 0 aromatic carbocycles. The van der Waals surface area contributed by atoms with Crippen LogP contribution in [0.25, 0.3) is 0 Å². The van der Waals surface area contributed by atoms with Crippen molar-refractivity contribution in [3.8, 4) is 0 Å². The number of ether oxygens (including phenoxy) is 1.